The second-order valence-electron chi connectivity index (χ2n) is 3.01. The van der Waals surface area contributed by atoms with Crippen LogP contribution in [0, 0.1) is 6.07 Å². The SMILES string of the molecule is CC(c1[c]cccc1)c1ncc[nH]1. The molecule has 13 heavy (non-hydrogen) atoms. The molecule has 1 N–H and O–H groups in total. The molecule has 2 nitrogen and oxygen atoms in total. The molecule has 1 radical (unpaired) electrons. The van der Waals surface area contributed by atoms with Gasteiger partial charge in [0.25, 0.3) is 0 Å². The van der Waals surface area contributed by atoms with E-state index >= 15 is 0 Å². The molecular weight excluding hydrogens is 160 g/mol. The van der Waals surface area contributed by atoms with Crippen molar-refractivity contribution in [1.29, 1.82) is 0 Å². The monoisotopic (exact) mass is 171 g/mol. The van der Waals surface area contributed by atoms with E-state index in [1.807, 2.05) is 24.4 Å². The average Bonchev–Trinajstić information content (AvgIpc) is 2.71. The molecule has 0 spiro atoms. The van der Waals surface area contributed by atoms with Gasteiger partial charge in [-0.2, -0.15) is 0 Å². The lowest BCUT2D eigenvalue weighted by Crippen LogP contribution is -1.97. The lowest BCUT2D eigenvalue weighted by atomic mass is 10.0. The van der Waals surface area contributed by atoms with E-state index in [1.54, 1.807) is 6.20 Å². The van der Waals surface area contributed by atoms with Crippen molar-refractivity contribution >= 4 is 0 Å². The first-order chi connectivity index (χ1) is 6.38. The predicted octanol–water partition coefficient (Wildman–Crippen LogP) is 2.36. The van der Waals surface area contributed by atoms with E-state index in [1.165, 1.54) is 0 Å². The standard InChI is InChI=1S/C11H11N2/c1-9(11-12-7-8-13-11)10-5-3-2-4-6-10/h2-5,7-9H,1H3,(H,12,13). The molecule has 0 saturated heterocycles. The van der Waals surface area contributed by atoms with Crippen molar-refractivity contribution < 1.29 is 0 Å². The maximum Gasteiger partial charge on any atom is 0.113 e. The molecule has 1 heterocycles. The third-order valence-corrected chi connectivity index (χ3v) is 2.13. The van der Waals surface area contributed by atoms with Gasteiger partial charge in [0, 0.05) is 18.3 Å². The Bertz CT molecular complexity index is 351. The quantitative estimate of drug-likeness (QED) is 0.738. The third kappa shape index (κ3) is 1.61. The van der Waals surface area contributed by atoms with Gasteiger partial charge in [0.2, 0.25) is 0 Å². The molecule has 0 amide bonds. The second-order valence-corrected chi connectivity index (χ2v) is 3.01. The van der Waals surface area contributed by atoms with Gasteiger partial charge in [-0.1, -0.05) is 31.2 Å². The van der Waals surface area contributed by atoms with Crippen molar-refractivity contribution in [2.75, 3.05) is 0 Å². The van der Waals surface area contributed by atoms with Gasteiger partial charge in [0.15, 0.2) is 0 Å². The van der Waals surface area contributed by atoms with Crippen LogP contribution in [-0.4, -0.2) is 9.97 Å². The molecule has 0 bridgehead atoms. The Kier molecular flexibility index (Phi) is 2.13. The van der Waals surface area contributed by atoms with E-state index in [4.69, 9.17) is 0 Å². The number of H-pyrrole nitrogens is 1. The van der Waals surface area contributed by atoms with E-state index in [2.05, 4.69) is 29.0 Å². The summed E-state index contributed by atoms with van der Waals surface area (Å²) < 4.78 is 0. The molecule has 2 heteroatoms. The first-order valence-electron chi connectivity index (χ1n) is 4.34. The Morgan fingerprint density at radius 2 is 2.38 bits per heavy atom. The summed E-state index contributed by atoms with van der Waals surface area (Å²) in [6, 6.07) is 11.2. The van der Waals surface area contributed by atoms with Crippen LogP contribution in [0.4, 0.5) is 0 Å². The highest BCUT2D eigenvalue weighted by Gasteiger charge is 2.09. The predicted molar refractivity (Wildman–Crippen MR) is 51.4 cm³/mol. The molecule has 0 fully saturated rings. The summed E-state index contributed by atoms with van der Waals surface area (Å²) in [5.41, 5.74) is 1.16. The van der Waals surface area contributed by atoms with Crippen molar-refractivity contribution in [3.05, 3.63) is 54.1 Å². The largest absolute Gasteiger partial charge is 0.348 e. The van der Waals surface area contributed by atoms with E-state index in [9.17, 15) is 0 Å². The fourth-order valence-electron chi connectivity index (χ4n) is 1.34. The Labute approximate surface area is 77.6 Å². The lowest BCUT2D eigenvalue weighted by Gasteiger charge is -2.07. The molecule has 2 rings (SSSR count). The number of nitrogens with zero attached hydrogens (tertiary/aromatic N) is 1. The zero-order chi connectivity index (χ0) is 9.10. The molecule has 1 aromatic heterocycles. The summed E-state index contributed by atoms with van der Waals surface area (Å²) in [6.45, 7) is 2.12. The molecule has 1 aromatic carbocycles. The van der Waals surface area contributed by atoms with Gasteiger partial charge in [-0.25, -0.2) is 4.98 Å². The van der Waals surface area contributed by atoms with Crippen LogP contribution >= 0.6 is 0 Å². The van der Waals surface area contributed by atoms with Crippen LogP contribution in [0.15, 0.2) is 36.7 Å². The van der Waals surface area contributed by atoms with Crippen molar-refractivity contribution in [3.63, 3.8) is 0 Å². The highest BCUT2D eigenvalue weighted by molar-refractivity contribution is 5.22. The number of nitrogens with one attached hydrogen (secondary N) is 1. The molecular formula is C11H11N2. The van der Waals surface area contributed by atoms with Crippen LogP contribution in [0.2, 0.25) is 0 Å². The van der Waals surface area contributed by atoms with Gasteiger partial charge in [0.05, 0.1) is 0 Å². The van der Waals surface area contributed by atoms with E-state index in [0.29, 0.717) is 0 Å². The van der Waals surface area contributed by atoms with Gasteiger partial charge >= 0.3 is 0 Å². The minimum absolute atomic E-state index is 0.288. The number of imidazole rings is 1. The maximum atomic E-state index is 4.22. The van der Waals surface area contributed by atoms with Gasteiger partial charge < -0.3 is 4.98 Å². The van der Waals surface area contributed by atoms with E-state index in [0.717, 1.165) is 11.4 Å². The fraction of sp³-hybridized carbons (Fsp3) is 0.182. The summed E-state index contributed by atoms with van der Waals surface area (Å²) in [7, 11) is 0. The number of aromatic nitrogens is 2. The minimum Gasteiger partial charge on any atom is -0.348 e. The van der Waals surface area contributed by atoms with Gasteiger partial charge in [0.1, 0.15) is 5.82 Å². The van der Waals surface area contributed by atoms with Crippen molar-refractivity contribution in [2.24, 2.45) is 0 Å². The normalized spacial score (nSPS) is 12.7. The minimum atomic E-state index is 0.288. The van der Waals surface area contributed by atoms with E-state index in [-0.39, 0.29) is 5.92 Å². The Morgan fingerprint density at radius 1 is 1.46 bits per heavy atom. The zero-order valence-electron chi connectivity index (χ0n) is 7.49. The molecule has 1 atom stereocenters. The maximum absolute atomic E-state index is 4.22. The first-order valence-corrected chi connectivity index (χ1v) is 4.34. The van der Waals surface area contributed by atoms with Crippen LogP contribution in [-0.2, 0) is 0 Å². The Hall–Kier alpha value is -1.57. The molecule has 65 valence electrons. The average molecular weight is 171 g/mol. The van der Waals surface area contributed by atoms with Crippen LogP contribution in [0.1, 0.15) is 24.2 Å². The summed E-state index contributed by atoms with van der Waals surface area (Å²) in [5, 5.41) is 0. The molecule has 0 saturated carbocycles. The second kappa shape index (κ2) is 3.44. The summed E-state index contributed by atoms with van der Waals surface area (Å²) in [6.07, 6.45) is 3.61. The molecule has 0 aliphatic carbocycles. The Balaban J connectivity index is 2.29. The molecule has 0 aliphatic rings. The Morgan fingerprint density at radius 3 is 3.00 bits per heavy atom. The first kappa shape index (κ1) is 8.05. The highest BCUT2D eigenvalue weighted by atomic mass is 14.9. The van der Waals surface area contributed by atoms with Crippen LogP contribution in [0.3, 0.4) is 0 Å². The van der Waals surface area contributed by atoms with Crippen LogP contribution in [0.25, 0.3) is 0 Å². The highest BCUT2D eigenvalue weighted by Crippen LogP contribution is 2.19. The lowest BCUT2D eigenvalue weighted by molar-refractivity contribution is 0.838. The fourth-order valence-corrected chi connectivity index (χ4v) is 1.34. The van der Waals surface area contributed by atoms with Crippen molar-refractivity contribution in [3.8, 4) is 0 Å². The summed E-state index contributed by atoms with van der Waals surface area (Å²) in [4.78, 5) is 7.32. The van der Waals surface area contributed by atoms with Gasteiger partial charge in [-0.3, -0.25) is 0 Å². The van der Waals surface area contributed by atoms with Gasteiger partial charge in [-0.15, -0.1) is 0 Å². The number of hydrogen-bond donors (Lipinski definition) is 1. The summed E-state index contributed by atoms with van der Waals surface area (Å²) in [5.74, 6) is 1.28. The third-order valence-electron chi connectivity index (χ3n) is 2.13. The van der Waals surface area contributed by atoms with Crippen molar-refractivity contribution in [1.82, 2.24) is 9.97 Å². The topological polar surface area (TPSA) is 28.7 Å². The van der Waals surface area contributed by atoms with Crippen molar-refractivity contribution in [2.45, 2.75) is 12.8 Å². The number of hydrogen-bond acceptors (Lipinski definition) is 1. The number of benzene rings is 1. The molecule has 2 aromatic rings. The smallest absolute Gasteiger partial charge is 0.113 e. The van der Waals surface area contributed by atoms with Crippen LogP contribution in [0.5, 0.6) is 0 Å². The summed E-state index contributed by atoms with van der Waals surface area (Å²) >= 11 is 0. The van der Waals surface area contributed by atoms with E-state index < -0.39 is 0 Å². The van der Waals surface area contributed by atoms with Gasteiger partial charge in [-0.05, 0) is 11.6 Å². The molecule has 0 aliphatic heterocycles. The van der Waals surface area contributed by atoms with Crippen LogP contribution < -0.4 is 0 Å². The zero-order valence-corrected chi connectivity index (χ0v) is 7.49. The number of rotatable bonds is 2. The number of aromatic amines is 1. The molecule has 1 unspecified atom stereocenters.